The Balaban J connectivity index is 1.71. The molecule has 1 unspecified atom stereocenters. The number of para-hydroxylation sites is 1. The molecule has 1 aliphatic heterocycles. The molecule has 0 saturated carbocycles. The zero-order valence-corrected chi connectivity index (χ0v) is 11.5. The molecule has 2 aromatic rings. The first kappa shape index (κ1) is 12.4. The van der Waals surface area contributed by atoms with Crippen molar-refractivity contribution in [3.8, 4) is 5.69 Å². The third-order valence-corrected chi connectivity index (χ3v) is 3.98. The van der Waals surface area contributed by atoms with Crippen LogP contribution in [0.2, 0.25) is 0 Å². The number of likely N-dealkylation sites (tertiary alicyclic amines) is 1. The highest BCUT2D eigenvalue weighted by molar-refractivity contribution is 5.30. The van der Waals surface area contributed by atoms with Gasteiger partial charge in [-0.05, 0) is 38.4 Å². The maximum atomic E-state index is 4.47. The molecule has 0 radical (unpaired) electrons. The standard InChI is InChI=1S/C16H21N3/c1-14-7-5-6-10-18(14)12-15-11-17-19(13-15)16-8-3-2-4-9-16/h2-4,8-9,11,13-14H,5-7,10,12H2,1H3. The average molecular weight is 255 g/mol. The van der Waals surface area contributed by atoms with Gasteiger partial charge in [-0.15, -0.1) is 0 Å². The van der Waals surface area contributed by atoms with Crippen LogP contribution in [0.25, 0.3) is 5.69 Å². The van der Waals surface area contributed by atoms with E-state index in [4.69, 9.17) is 0 Å². The van der Waals surface area contributed by atoms with Crippen molar-refractivity contribution in [2.45, 2.75) is 38.8 Å². The Morgan fingerprint density at radius 1 is 1.21 bits per heavy atom. The first-order chi connectivity index (χ1) is 9.33. The number of benzene rings is 1. The Kier molecular flexibility index (Phi) is 3.65. The molecule has 0 aliphatic carbocycles. The van der Waals surface area contributed by atoms with Crippen molar-refractivity contribution >= 4 is 0 Å². The van der Waals surface area contributed by atoms with E-state index in [2.05, 4.69) is 35.3 Å². The molecule has 1 fully saturated rings. The van der Waals surface area contributed by atoms with E-state index in [0.29, 0.717) is 6.04 Å². The number of hydrogen-bond donors (Lipinski definition) is 0. The molecule has 0 spiro atoms. The Bertz CT molecular complexity index is 518. The molecule has 1 atom stereocenters. The highest BCUT2D eigenvalue weighted by Gasteiger charge is 2.18. The first-order valence-corrected chi connectivity index (χ1v) is 7.16. The minimum Gasteiger partial charge on any atom is -0.296 e. The molecule has 3 rings (SSSR count). The number of hydrogen-bond acceptors (Lipinski definition) is 2. The van der Waals surface area contributed by atoms with Crippen LogP contribution in [0, 0.1) is 0 Å². The van der Waals surface area contributed by atoms with Gasteiger partial charge in [-0.3, -0.25) is 4.90 Å². The number of rotatable bonds is 3. The molecule has 1 saturated heterocycles. The highest BCUT2D eigenvalue weighted by atomic mass is 15.3. The highest BCUT2D eigenvalue weighted by Crippen LogP contribution is 2.19. The summed E-state index contributed by atoms with van der Waals surface area (Å²) in [5.41, 5.74) is 2.43. The van der Waals surface area contributed by atoms with E-state index in [0.717, 1.165) is 12.2 Å². The minimum atomic E-state index is 0.703. The van der Waals surface area contributed by atoms with E-state index in [1.807, 2.05) is 29.1 Å². The lowest BCUT2D eigenvalue weighted by molar-refractivity contribution is 0.152. The molecule has 1 aliphatic rings. The summed E-state index contributed by atoms with van der Waals surface area (Å²) in [6, 6.07) is 11.0. The summed E-state index contributed by atoms with van der Waals surface area (Å²) in [7, 11) is 0. The van der Waals surface area contributed by atoms with Gasteiger partial charge in [0.2, 0.25) is 0 Å². The van der Waals surface area contributed by atoms with Crippen LogP contribution in [0.3, 0.4) is 0 Å². The summed E-state index contributed by atoms with van der Waals surface area (Å²) < 4.78 is 1.96. The number of aromatic nitrogens is 2. The molecule has 0 amide bonds. The zero-order chi connectivity index (χ0) is 13.1. The lowest BCUT2D eigenvalue weighted by Gasteiger charge is -2.32. The summed E-state index contributed by atoms with van der Waals surface area (Å²) >= 11 is 0. The van der Waals surface area contributed by atoms with Gasteiger partial charge < -0.3 is 0 Å². The van der Waals surface area contributed by atoms with Crippen molar-refractivity contribution in [3.63, 3.8) is 0 Å². The van der Waals surface area contributed by atoms with Gasteiger partial charge in [-0.25, -0.2) is 4.68 Å². The minimum absolute atomic E-state index is 0.703. The van der Waals surface area contributed by atoms with Gasteiger partial charge in [0, 0.05) is 24.3 Å². The monoisotopic (exact) mass is 255 g/mol. The van der Waals surface area contributed by atoms with Crippen LogP contribution in [0.15, 0.2) is 42.7 Å². The lowest BCUT2D eigenvalue weighted by Crippen LogP contribution is -2.36. The van der Waals surface area contributed by atoms with Gasteiger partial charge in [0.1, 0.15) is 0 Å². The van der Waals surface area contributed by atoms with E-state index in [1.165, 1.54) is 31.4 Å². The summed E-state index contributed by atoms with van der Waals surface area (Å²) in [4.78, 5) is 2.57. The molecule has 1 aromatic carbocycles. The Labute approximate surface area is 114 Å². The van der Waals surface area contributed by atoms with E-state index >= 15 is 0 Å². The van der Waals surface area contributed by atoms with Crippen LogP contribution >= 0.6 is 0 Å². The van der Waals surface area contributed by atoms with E-state index in [1.54, 1.807) is 0 Å². The molecular weight excluding hydrogens is 234 g/mol. The summed E-state index contributed by atoms with van der Waals surface area (Å²) in [5, 5.41) is 4.47. The van der Waals surface area contributed by atoms with Crippen LogP contribution in [-0.2, 0) is 6.54 Å². The van der Waals surface area contributed by atoms with Gasteiger partial charge in [-0.2, -0.15) is 5.10 Å². The van der Waals surface area contributed by atoms with Gasteiger partial charge in [-0.1, -0.05) is 24.6 Å². The second-order valence-corrected chi connectivity index (χ2v) is 5.44. The normalized spacial score (nSPS) is 20.6. The molecule has 0 N–H and O–H groups in total. The quantitative estimate of drug-likeness (QED) is 0.839. The molecule has 2 heterocycles. The van der Waals surface area contributed by atoms with Gasteiger partial charge in [0.25, 0.3) is 0 Å². The van der Waals surface area contributed by atoms with Crippen molar-refractivity contribution in [1.29, 1.82) is 0 Å². The van der Waals surface area contributed by atoms with Crippen LogP contribution in [0.5, 0.6) is 0 Å². The fourth-order valence-electron chi connectivity index (χ4n) is 2.79. The van der Waals surface area contributed by atoms with Gasteiger partial charge >= 0.3 is 0 Å². The summed E-state index contributed by atoms with van der Waals surface area (Å²) in [6.07, 6.45) is 8.18. The fourth-order valence-corrected chi connectivity index (χ4v) is 2.79. The van der Waals surface area contributed by atoms with Crippen molar-refractivity contribution in [1.82, 2.24) is 14.7 Å². The predicted molar refractivity (Wildman–Crippen MR) is 77.3 cm³/mol. The number of nitrogens with zero attached hydrogens (tertiary/aromatic N) is 3. The van der Waals surface area contributed by atoms with Gasteiger partial charge in [0.05, 0.1) is 11.9 Å². The van der Waals surface area contributed by atoms with E-state index in [-0.39, 0.29) is 0 Å². The summed E-state index contributed by atoms with van der Waals surface area (Å²) in [6.45, 7) is 4.58. The lowest BCUT2D eigenvalue weighted by atomic mass is 10.0. The summed E-state index contributed by atoms with van der Waals surface area (Å²) in [5.74, 6) is 0. The molecule has 19 heavy (non-hydrogen) atoms. The van der Waals surface area contributed by atoms with Crippen LogP contribution in [0.1, 0.15) is 31.7 Å². The Morgan fingerprint density at radius 2 is 2.05 bits per heavy atom. The van der Waals surface area contributed by atoms with Crippen molar-refractivity contribution < 1.29 is 0 Å². The van der Waals surface area contributed by atoms with Crippen molar-refractivity contribution in [3.05, 3.63) is 48.3 Å². The maximum Gasteiger partial charge on any atom is 0.0645 e. The molecule has 0 bridgehead atoms. The maximum absolute atomic E-state index is 4.47. The molecular formula is C16H21N3. The smallest absolute Gasteiger partial charge is 0.0645 e. The van der Waals surface area contributed by atoms with Crippen LogP contribution in [-0.4, -0.2) is 27.3 Å². The molecule has 3 heteroatoms. The first-order valence-electron chi connectivity index (χ1n) is 7.16. The molecule has 1 aromatic heterocycles. The molecule has 100 valence electrons. The van der Waals surface area contributed by atoms with Crippen LogP contribution < -0.4 is 0 Å². The number of piperidine rings is 1. The van der Waals surface area contributed by atoms with E-state index < -0.39 is 0 Å². The largest absolute Gasteiger partial charge is 0.296 e. The van der Waals surface area contributed by atoms with Crippen molar-refractivity contribution in [2.24, 2.45) is 0 Å². The van der Waals surface area contributed by atoms with Crippen LogP contribution in [0.4, 0.5) is 0 Å². The van der Waals surface area contributed by atoms with E-state index in [9.17, 15) is 0 Å². The van der Waals surface area contributed by atoms with Crippen molar-refractivity contribution in [2.75, 3.05) is 6.54 Å². The molecule has 3 nitrogen and oxygen atoms in total. The average Bonchev–Trinajstić information content (AvgIpc) is 2.91. The zero-order valence-electron chi connectivity index (χ0n) is 11.5. The second kappa shape index (κ2) is 5.57. The Hall–Kier alpha value is -1.61. The predicted octanol–water partition coefficient (Wildman–Crippen LogP) is 3.25. The van der Waals surface area contributed by atoms with Gasteiger partial charge in [0.15, 0.2) is 0 Å². The third-order valence-electron chi connectivity index (χ3n) is 3.98. The fraction of sp³-hybridized carbons (Fsp3) is 0.438. The topological polar surface area (TPSA) is 21.1 Å². The second-order valence-electron chi connectivity index (χ2n) is 5.44. The SMILES string of the molecule is CC1CCCCN1Cc1cnn(-c2ccccc2)c1. The third kappa shape index (κ3) is 2.87. The Morgan fingerprint density at radius 3 is 2.84 bits per heavy atom.